The van der Waals surface area contributed by atoms with Gasteiger partial charge in [-0.25, -0.2) is 0 Å². The number of quaternary nitrogens is 1. The Hall–Kier alpha value is -0.570. The molecular formula is C18H38NO2+. The average molecular weight is 301 g/mol. The highest BCUT2D eigenvalue weighted by atomic mass is 16.4. The van der Waals surface area contributed by atoms with Crippen LogP contribution in [0.5, 0.6) is 0 Å². The zero-order valence-corrected chi connectivity index (χ0v) is 14.7. The minimum absolute atomic E-state index is 0.283. The molecule has 0 heterocycles. The van der Waals surface area contributed by atoms with Crippen molar-refractivity contribution >= 4 is 5.97 Å². The lowest BCUT2D eigenvalue weighted by Gasteiger charge is -2.29. The van der Waals surface area contributed by atoms with Crippen molar-refractivity contribution in [3.63, 3.8) is 0 Å². The highest BCUT2D eigenvalue weighted by molar-refractivity contribution is 5.66. The van der Waals surface area contributed by atoms with Crippen LogP contribution in [0, 0.1) is 0 Å². The molecule has 0 aromatic rings. The lowest BCUT2D eigenvalue weighted by molar-refractivity contribution is -0.890. The molecule has 0 unspecified atom stereocenters. The van der Waals surface area contributed by atoms with Crippen LogP contribution in [0.4, 0.5) is 0 Å². The minimum Gasteiger partial charge on any atom is -0.481 e. The number of hydrogen-bond donors (Lipinski definition) is 1. The molecule has 3 heteroatoms. The summed E-state index contributed by atoms with van der Waals surface area (Å²) in [6.07, 6.45) is 15.3. The third-order valence-electron chi connectivity index (χ3n) is 4.30. The third-order valence-corrected chi connectivity index (χ3v) is 4.30. The quantitative estimate of drug-likeness (QED) is 0.347. The van der Waals surface area contributed by atoms with Gasteiger partial charge in [0.2, 0.25) is 0 Å². The van der Waals surface area contributed by atoms with Gasteiger partial charge in [0.1, 0.15) is 0 Å². The Morgan fingerprint density at radius 2 is 1.19 bits per heavy atom. The van der Waals surface area contributed by atoms with E-state index in [4.69, 9.17) is 5.11 Å². The standard InChI is InChI=1S/C18H37NO2/c1-4-5-6-7-8-9-10-11-12-13-14-16-19(2,3)17-15-18(20)21/h4-17H2,1-3H3/p+1. The van der Waals surface area contributed by atoms with Gasteiger partial charge in [-0.05, 0) is 12.8 Å². The van der Waals surface area contributed by atoms with Crippen LogP contribution in [0.1, 0.15) is 84.0 Å². The van der Waals surface area contributed by atoms with Gasteiger partial charge in [0.15, 0.2) is 0 Å². The van der Waals surface area contributed by atoms with Crippen molar-refractivity contribution in [3.05, 3.63) is 0 Å². The van der Waals surface area contributed by atoms with E-state index in [1.807, 2.05) is 0 Å². The summed E-state index contributed by atoms with van der Waals surface area (Å²) in [5.41, 5.74) is 0. The molecule has 126 valence electrons. The first-order chi connectivity index (χ1) is 9.98. The van der Waals surface area contributed by atoms with E-state index in [1.54, 1.807) is 0 Å². The van der Waals surface area contributed by atoms with Gasteiger partial charge < -0.3 is 9.59 Å². The van der Waals surface area contributed by atoms with Crippen LogP contribution in [-0.4, -0.2) is 42.7 Å². The van der Waals surface area contributed by atoms with Crippen molar-refractivity contribution in [1.82, 2.24) is 0 Å². The average Bonchev–Trinajstić information content (AvgIpc) is 2.43. The minimum atomic E-state index is -0.680. The Balaban J connectivity index is 3.29. The second kappa shape index (κ2) is 13.1. The predicted octanol–water partition coefficient (Wildman–Crippen LogP) is 4.85. The number of rotatable bonds is 15. The summed E-state index contributed by atoms with van der Waals surface area (Å²) < 4.78 is 0.837. The van der Waals surface area contributed by atoms with Crippen LogP contribution in [0.15, 0.2) is 0 Å². The molecule has 21 heavy (non-hydrogen) atoms. The smallest absolute Gasteiger partial charge is 0.309 e. The summed E-state index contributed by atoms with van der Waals surface area (Å²) >= 11 is 0. The monoisotopic (exact) mass is 300 g/mol. The number of hydrogen-bond acceptors (Lipinski definition) is 1. The molecule has 0 aliphatic carbocycles. The van der Waals surface area contributed by atoms with Gasteiger partial charge in [0.25, 0.3) is 0 Å². The summed E-state index contributed by atoms with van der Waals surface area (Å²) in [5, 5.41) is 8.73. The van der Waals surface area contributed by atoms with E-state index in [0.717, 1.165) is 17.6 Å². The van der Waals surface area contributed by atoms with Gasteiger partial charge in [-0.15, -0.1) is 0 Å². The fourth-order valence-corrected chi connectivity index (χ4v) is 2.71. The van der Waals surface area contributed by atoms with Crippen molar-refractivity contribution in [2.24, 2.45) is 0 Å². The lowest BCUT2D eigenvalue weighted by atomic mass is 10.1. The van der Waals surface area contributed by atoms with Crippen LogP contribution in [0.3, 0.4) is 0 Å². The highest BCUT2D eigenvalue weighted by Crippen LogP contribution is 2.12. The molecule has 0 radical (unpaired) electrons. The molecule has 0 rings (SSSR count). The zero-order chi connectivity index (χ0) is 16.0. The van der Waals surface area contributed by atoms with Crippen LogP contribution >= 0.6 is 0 Å². The molecule has 0 aromatic carbocycles. The zero-order valence-electron chi connectivity index (χ0n) is 14.7. The van der Waals surface area contributed by atoms with Crippen LogP contribution < -0.4 is 0 Å². The second-order valence-corrected chi connectivity index (χ2v) is 7.06. The Morgan fingerprint density at radius 1 is 0.762 bits per heavy atom. The van der Waals surface area contributed by atoms with Gasteiger partial charge >= 0.3 is 5.97 Å². The number of unbranched alkanes of at least 4 members (excludes halogenated alkanes) is 10. The van der Waals surface area contributed by atoms with Gasteiger partial charge in [0.05, 0.1) is 33.6 Å². The predicted molar refractivity (Wildman–Crippen MR) is 90.6 cm³/mol. The summed E-state index contributed by atoms with van der Waals surface area (Å²) in [4.78, 5) is 10.6. The fraction of sp³-hybridized carbons (Fsp3) is 0.944. The summed E-state index contributed by atoms with van der Waals surface area (Å²) in [5.74, 6) is -0.680. The summed E-state index contributed by atoms with van der Waals surface area (Å²) in [6.45, 7) is 4.11. The molecule has 0 bridgehead atoms. The number of carbonyl (C=O) groups is 1. The largest absolute Gasteiger partial charge is 0.481 e. The third kappa shape index (κ3) is 15.6. The molecule has 0 saturated carbocycles. The van der Waals surface area contributed by atoms with E-state index in [1.165, 1.54) is 70.6 Å². The molecule has 0 atom stereocenters. The topological polar surface area (TPSA) is 37.3 Å². The molecule has 0 spiro atoms. The molecule has 0 saturated heterocycles. The highest BCUT2D eigenvalue weighted by Gasteiger charge is 2.15. The molecule has 0 aliphatic heterocycles. The Bertz CT molecular complexity index is 252. The number of carboxylic acid groups (broad SMARTS) is 1. The molecule has 0 aliphatic rings. The van der Waals surface area contributed by atoms with E-state index in [9.17, 15) is 4.79 Å². The van der Waals surface area contributed by atoms with Gasteiger partial charge in [0, 0.05) is 0 Å². The van der Waals surface area contributed by atoms with E-state index in [2.05, 4.69) is 21.0 Å². The van der Waals surface area contributed by atoms with Crippen molar-refractivity contribution < 1.29 is 14.4 Å². The van der Waals surface area contributed by atoms with E-state index < -0.39 is 5.97 Å². The second-order valence-electron chi connectivity index (χ2n) is 7.06. The maximum atomic E-state index is 10.6. The van der Waals surface area contributed by atoms with E-state index in [0.29, 0.717) is 0 Å². The maximum Gasteiger partial charge on any atom is 0.309 e. The van der Waals surface area contributed by atoms with Crippen molar-refractivity contribution in [2.75, 3.05) is 27.2 Å². The van der Waals surface area contributed by atoms with Crippen molar-refractivity contribution in [2.45, 2.75) is 84.0 Å². The van der Waals surface area contributed by atoms with Crippen molar-refractivity contribution in [3.8, 4) is 0 Å². The molecule has 0 aromatic heterocycles. The number of aliphatic carboxylic acids is 1. The Kier molecular flexibility index (Phi) is 12.8. The molecule has 1 N–H and O–H groups in total. The summed E-state index contributed by atoms with van der Waals surface area (Å²) in [7, 11) is 4.28. The number of nitrogens with zero attached hydrogens (tertiary/aromatic N) is 1. The first-order valence-electron chi connectivity index (χ1n) is 9.02. The Morgan fingerprint density at radius 3 is 1.62 bits per heavy atom. The van der Waals surface area contributed by atoms with Crippen LogP contribution in [-0.2, 0) is 4.79 Å². The number of carboxylic acids is 1. The molecule has 0 fully saturated rings. The Labute approximate surface area is 132 Å². The van der Waals surface area contributed by atoms with Crippen LogP contribution in [0.25, 0.3) is 0 Å². The first-order valence-corrected chi connectivity index (χ1v) is 9.02. The molecule has 3 nitrogen and oxygen atoms in total. The van der Waals surface area contributed by atoms with E-state index >= 15 is 0 Å². The maximum absolute atomic E-state index is 10.6. The normalized spacial score (nSPS) is 11.8. The summed E-state index contributed by atoms with van der Waals surface area (Å²) in [6, 6.07) is 0. The van der Waals surface area contributed by atoms with Crippen molar-refractivity contribution in [1.29, 1.82) is 0 Å². The molecular weight excluding hydrogens is 262 g/mol. The lowest BCUT2D eigenvalue weighted by Crippen LogP contribution is -2.42. The van der Waals surface area contributed by atoms with Gasteiger partial charge in [-0.3, -0.25) is 4.79 Å². The van der Waals surface area contributed by atoms with Gasteiger partial charge in [-0.1, -0.05) is 64.7 Å². The SMILES string of the molecule is CCCCCCCCCCCCC[N+](C)(C)CCC(=O)O. The first kappa shape index (κ1) is 20.4. The molecule has 0 amide bonds. The van der Waals surface area contributed by atoms with Crippen LogP contribution in [0.2, 0.25) is 0 Å². The van der Waals surface area contributed by atoms with Gasteiger partial charge in [-0.2, -0.15) is 0 Å². The fourth-order valence-electron chi connectivity index (χ4n) is 2.71. The van der Waals surface area contributed by atoms with E-state index in [-0.39, 0.29) is 6.42 Å².